The molecule has 2 aromatic rings. The van der Waals surface area contributed by atoms with Crippen molar-refractivity contribution in [3.63, 3.8) is 0 Å². The van der Waals surface area contributed by atoms with Crippen molar-refractivity contribution in [2.24, 2.45) is 5.92 Å². The number of anilines is 1. The maximum absolute atomic E-state index is 12.7. The first-order valence-corrected chi connectivity index (χ1v) is 11.2. The lowest BCUT2D eigenvalue weighted by Gasteiger charge is -2.37. The van der Waals surface area contributed by atoms with E-state index >= 15 is 0 Å². The highest BCUT2D eigenvalue weighted by Gasteiger charge is 2.26. The highest BCUT2D eigenvalue weighted by Crippen LogP contribution is 2.30. The van der Waals surface area contributed by atoms with Crippen LogP contribution in [0.2, 0.25) is 0 Å². The van der Waals surface area contributed by atoms with Crippen molar-refractivity contribution in [1.29, 1.82) is 0 Å². The summed E-state index contributed by atoms with van der Waals surface area (Å²) in [6.45, 7) is 10.4. The van der Waals surface area contributed by atoms with Crippen LogP contribution in [0.4, 0.5) is 5.69 Å². The van der Waals surface area contributed by atoms with Crippen LogP contribution < -0.4 is 19.7 Å². The SMILES string of the molecule is COc1ccc2c(c1)C[C@@H](C(=O)NCCN1CCN(c3cccc(C)c3C)CC1)CO2. The molecule has 6 heteroatoms. The van der Waals surface area contributed by atoms with Crippen LogP contribution in [0.15, 0.2) is 36.4 Å². The number of nitrogens with zero attached hydrogens (tertiary/aromatic N) is 2. The lowest BCUT2D eigenvalue weighted by atomic mass is 9.96. The first kappa shape index (κ1) is 21.5. The Balaban J connectivity index is 1.21. The molecule has 31 heavy (non-hydrogen) atoms. The molecular weight excluding hydrogens is 390 g/mol. The van der Waals surface area contributed by atoms with E-state index in [0.29, 0.717) is 19.6 Å². The van der Waals surface area contributed by atoms with Crippen LogP contribution in [0.5, 0.6) is 11.5 Å². The van der Waals surface area contributed by atoms with Crippen molar-refractivity contribution in [1.82, 2.24) is 10.2 Å². The molecule has 6 nitrogen and oxygen atoms in total. The number of carbonyl (C=O) groups excluding carboxylic acids is 1. The number of nitrogens with one attached hydrogen (secondary N) is 1. The van der Waals surface area contributed by atoms with Crippen molar-refractivity contribution >= 4 is 11.6 Å². The monoisotopic (exact) mass is 423 g/mol. The van der Waals surface area contributed by atoms with Gasteiger partial charge in [0.05, 0.1) is 13.0 Å². The zero-order valence-corrected chi connectivity index (χ0v) is 18.8. The molecule has 0 saturated carbocycles. The third-order valence-electron chi connectivity index (χ3n) is 6.56. The second-order valence-corrected chi connectivity index (χ2v) is 8.52. The Hall–Kier alpha value is -2.73. The number of hydrogen-bond donors (Lipinski definition) is 1. The van der Waals surface area contributed by atoms with E-state index in [0.717, 1.165) is 49.8 Å². The van der Waals surface area contributed by atoms with Gasteiger partial charge in [0.15, 0.2) is 0 Å². The Kier molecular flexibility index (Phi) is 6.66. The molecular formula is C25H33N3O3. The van der Waals surface area contributed by atoms with Gasteiger partial charge in [-0.1, -0.05) is 12.1 Å². The van der Waals surface area contributed by atoms with Crippen LogP contribution in [-0.2, 0) is 11.2 Å². The zero-order valence-electron chi connectivity index (χ0n) is 18.8. The summed E-state index contributed by atoms with van der Waals surface area (Å²) in [5, 5.41) is 3.11. The number of ether oxygens (including phenoxy) is 2. The van der Waals surface area contributed by atoms with E-state index in [1.807, 2.05) is 18.2 Å². The third kappa shape index (κ3) is 4.96. The fraction of sp³-hybridized carbons (Fsp3) is 0.480. The number of benzene rings is 2. The molecule has 0 unspecified atom stereocenters. The molecule has 1 saturated heterocycles. The summed E-state index contributed by atoms with van der Waals surface area (Å²) in [6, 6.07) is 12.3. The molecule has 0 bridgehead atoms. The molecule has 4 rings (SSSR count). The molecule has 1 atom stereocenters. The standard InChI is InChI=1S/C25H33N3O3/c1-18-5-4-6-23(19(18)2)28-13-11-27(12-14-28)10-9-26-25(29)21-15-20-16-22(30-3)7-8-24(20)31-17-21/h4-8,16,21H,9-15,17H2,1-3H3,(H,26,29)/t21-/m1/s1. The fourth-order valence-corrected chi connectivity index (χ4v) is 4.44. The van der Waals surface area contributed by atoms with Crippen LogP contribution in [0, 0.1) is 19.8 Å². The molecule has 0 spiro atoms. The molecule has 0 radical (unpaired) electrons. The molecule has 2 aliphatic heterocycles. The summed E-state index contributed by atoms with van der Waals surface area (Å²) in [4.78, 5) is 17.6. The van der Waals surface area contributed by atoms with Gasteiger partial charge in [0.1, 0.15) is 18.1 Å². The number of methoxy groups -OCH3 is 1. The number of rotatable bonds is 6. The Morgan fingerprint density at radius 1 is 1.16 bits per heavy atom. The van der Waals surface area contributed by atoms with Crippen molar-refractivity contribution in [3.8, 4) is 11.5 Å². The number of hydrogen-bond acceptors (Lipinski definition) is 5. The fourth-order valence-electron chi connectivity index (χ4n) is 4.44. The highest BCUT2D eigenvalue weighted by molar-refractivity contribution is 5.79. The maximum Gasteiger partial charge on any atom is 0.226 e. The Bertz CT molecular complexity index is 922. The van der Waals surface area contributed by atoms with Crippen molar-refractivity contribution in [3.05, 3.63) is 53.1 Å². The summed E-state index contributed by atoms with van der Waals surface area (Å²) in [5.74, 6) is 1.57. The van der Waals surface area contributed by atoms with Gasteiger partial charge in [0, 0.05) is 45.0 Å². The van der Waals surface area contributed by atoms with Crippen molar-refractivity contribution < 1.29 is 14.3 Å². The maximum atomic E-state index is 12.7. The highest BCUT2D eigenvalue weighted by atomic mass is 16.5. The van der Waals surface area contributed by atoms with Gasteiger partial charge < -0.3 is 19.7 Å². The summed E-state index contributed by atoms with van der Waals surface area (Å²) >= 11 is 0. The Morgan fingerprint density at radius 2 is 1.97 bits per heavy atom. The molecule has 2 aliphatic rings. The molecule has 1 N–H and O–H groups in total. The minimum Gasteiger partial charge on any atom is -0.497 e. The van der Waals surface area contributed by atoms with E-state index in [1.165, 1.54) is 16.8 Å². The third-order valence-corrected chi connectivity index (χ3v) is 6.56. The van der Waals surface area contributed by atoms with Gasteiger partial charge in [-0.25, -0.2) is 0 Å². The molecule has 1 amide bonds. The summed E-state index contributed by atoms with van der Waals surface area (Å²) in [7, 11) is 1.65. The normalized spacial score (nSPS) is 18.8. The van der Waals surface area contributed by atoms with Gasteiger partial charge in [-0.15, -0.1) is 0 Å². The summed E-state index contributed by atoms with van der Waals surface area (Å²) in [5.41, 5.74) is 5.10. The van der Waals surface area contributed by atoms with E-state index in [4.69, 9.17) is 9.47 Å². The van der Waals surface area contributed by atoms with Gasteiger partial charge in [-0.3, -0.25) is 9.69 Å². The van der Waals surface area contributed by atoms with Crippen molar-refractivity contribution in [2.75, 3.05) is 57.9 Å². The lowest BCUT2D eigenvalue weighted by Crippen LogP contribution is -2.49. The predicted molar refractivity (Wildman–Crippen MR) is 123 cm³/mol. The number of fused-ring (bicyclic) bond motifs is 1. The topological polar surface area (TPSA) is 54.0 Å². The quantitative estimate of drug-likeness (QED) is 0.774. The molecule has 1 fully saturated rings. The first-order chi connectivity index (χ1) is 15.0. The molecule has 0 aliphatic carbocycles. The average Bonchev–Trinajstić information content (AvgIpc) is 2.80. The van der Waals surface area contributed by atoms with Gasteiger partial charge >= 0.3 is 0 Å². The van der Waals surface area contributed by atoms with Gasteiger partial charge in [-0.05, 0) is 61.2 Å². The van der Waals surface area contributed by atoms with Crippen molar-refractivity contribution in [2.45, 2.75) is 20.3 Å². The van der Waals surface area contributed by atoms with Crippen LogP contribution in [-0.4, -0.2) is 63.8 Å². The second-order valence-electron chi connectivity index (χ2n) is 8.52. The molecule has 2 heterocycles. The molecule has 0 aromatic heterocycles. The number of aryl methyl sites for hydroxylation is 1. The van der Waals surface area contributed by atoms with Gasteiger partial charge in [0.2, 0.25) is 5.91 Å². The minimum atomic E-state index is -0.152. The van der Waals surface area contributed by atoms with Crippen LogP contribution in [0.1, 0.15) is 16.7 Å². The lowest BCUT2D eigenvalue weighted by molar-refractivity contribution is -0.126. The number of piperazine rings is 1. The summed E-state index contributed by atoms with van der Waals surface area (Å²) in [6.07, 6.45) is 0.687. The second kappa shape index (κ2) is 9.60. The largest absolute Gasteiger partial charge is 0.497 e. The smallest absolute Gasteiger partial charge is 0.226 e. The molecule has 2 aromatic carbocycles. The first-order valence-electron chi connectivity index (χ1n) is 11.2. The predicted octanol–water partition coefficient (Wildman–Crippen LogP) is 2.80. The Labute approximate surface area is 185 Å². The van der Waals surface area contributed by atoms with Crippen LogP contribution in [0.3, 0.4) is 0 Å². The van der Waals surface area contributed by atoms with Crippen LogP contribution >= 0.6 is 0 Å². The molecule has 166 valence electrons. The number of amides is 1. The van der Waals surface area contributed by atoms with E-state index in [9.17, 15) is 4.79 Å². The summed E-state index contributed by atoms with van der Waals surface area (Å²) < 4.78 is 11.1. The van der Waals surface area contributed by atoms with E-state index in [2.05, 4.69) is 47.2 Å². The van der Waals surface area contributed by atoms with E-state index in [1.54, 1.807) is 7.11 Å². The number of carbonyl (C=O) groups is 1. The van der Waals surface area contributed by atoms with E-state index in [-0.39, 0.29) is 11.8 Å². The Morgan fingerprint density at radius 3 is 2.74 bits per heavy atom. The van der Waals surface area contributed by atoms with Gasteiger partial charge in [-0.2, -0.15) is 0 Å². The van der Waals surface area contributed by atoms with E-state index < -0.39 is 0 Å². The minimum absolute atomic E-state index is 0.0718. The van der Waals surface area contributed by atoms with Gasteiger partial charge in [0.25, 0.3) is 0 Å². The van der Waals surface area contributed by atoms with Crippen LogP contribution in [0.25, 0.3) is 0 Å². The zero-order chi connectivity index (χ0) is 21.8. The average molecular weight is 424 g/mol.